The predicted octanol–water partition coefficient (Wildman–Crippen LogP) is 5.05. The van der Waals surface area contributed by atoms with Gasteiger partial charge in [0.05, 0.1) is 11.2 Å². The highest BCUT2D eigenvalue weighted by molar-refractivity contribution is 6.31. The van der Waals surface area contributed by atoms with Crippen molar-refractivity contribution < 1.29 is 0 Å². The maximum Gasteiger partial charge on any atom is 0.0731 e. The van der Waals surface area contributed by atoms with Gasteiger partial charge in [0.15, 0.2) is 0 Å². The molecule has 0 saturated carbocycles. The van der Waals surface area contributed by atoms with Crippen LogP contribution in [0.15, 0.2) is 48.8 Å². The van der Waals surface area contributed by atoms with Crippen LogP contribution in [0, 0.1) is 0 Å². The van der Waals surface area contributed by atoms with Crippen LogP contribution in [0.1, 0.15) is 24.1 Å². The zero-order chi connectivity index (χ0) is 16.4. The second-order valence-corrected chi connectivity index (χ2v) is 6.47. The lowest BCUT2D eigenvalue weighted by molar-refractivity contribution is 0.949. The van der Waals surface area contributed by atoms with Gasteiger partial charge in [-0.15, -0.1) is 0 Å². The van der Waals surface area contributed by atoms with E-state index in [1.165, 1.54) is 18.5 Å². The first-order valence-corrected chi connectivity index (χ1v) is 8.61. The molecule has 3 aromatic rings. The van der Waals surface area contributed by atoms with Crippen molar-refractivity contribution in [2.45, 2.75) is 12.8 Å². The van der Waals surface area contributed by atoms with E-state index in [1.54, 1.807) is 12.4 Å². The van der Waals surface area contributed by atoms with E-state index in [9.17, 15) is 0 Å². The van der Waals surface area contributed by atoms with Gasteiger partial charge in [-0.25, -0.2) is 4.98 Å². The molecular formula is C20H18ClN3. The molecule has 3 nitrogen and oxygen atoms in total. The molecule has 1 aliphatic heterocycles. The van der Waals surface area contributed by atoms with Crippen molar-refractivity contribution in [1.82, 2.24) is 9.97 Å². The van der Waals surface area contributed by atoms with Crippen molar-refractivity contribution in [1.29, 1.82) is 0 Å². The first kappa shape index (κ1) is 15.2. The molecule has 1 aromatic carbocycles. The van der Waals surface area contributed by atoms with Crippen molar-refractivity contribution in [2.75, 3.05) is 18.0 Å². The Balaban J connectivity index is 1.79. The number of anilines is 1. The number of nitrogens with zero attached hydrogens (tertiary/aromatic N) is 3. The van der Waals surface area contributed by atoms with E-state index in [0.717, 1.165) is 40.3 Å². The molecule has 0 amide bonds. The Labute approximate surface area is 146 Å². The average molecular weight is 336 g/mol. The standard InChI is InChI=1S/C20H18ClN3/c21-16-4-6-19-18(13-16)20(24-11-1-2-12-24)14-17(23-19)5-3-15-7-9-22-10-8-15/h3-10,13-14H,1-2,11-12H2/b5-3+. The number of rotatable bonds is 3. The third-order valence-corrected chi connectivity index (χ3v) is 4.60. The monoisotopic (exact) mass is 335 g/mol. The minimum absolute atomic E-state index is 0.754. The summed E-state index contributed by atoms with van der Waals surface area (Å²) in [4.78, 5) is 11.3. The van der Waals surface area contributed by atoms with Crippen molar-refractivity contribution in [3.8, 4) is 0 Å². The number of aromatic nitrogens is 2. The van der Waals surface area contributed by atoms with E-state index >= 15 is 0 Å². The SMILES string of the molecule is Clc1ccc2nc(/C=C/c3ccncc3)cc(N3CCCC3)c2c1. The van der Waals surface area contributed by atoms with Crippen LogP contribution in [0.4, 0.5) is 5.69 Å². The number of fused-ring (bicyclic) bond motifs is 1. The van der Waals surface area contributed by atoms with Gasteiger partial charge >= 0.3 is 0 Å². The highest BCUT2D eigenvalue weighted by Crippen LogP contribution is 2.31. The molecule has 1 saturated heterocycles. The molecule has 4 rings (SSSR count). The number of pyridine rings is 2. The Morgan fingerprint density at radius 2 is 1.75 bits per heavy atom. The van der Waals surface area contributed by atoms with E-state index in [0.29, 0.717) is 0 Å². The molecule has 0 N–H and O–H groups in total. The van der Waals surface area contributed by atoms with Gasteiger partial charge in [-0.3, -0.25) is 4.98 Å². The molecular weight excluding hydrogens is 318 g/mol. The lowest BCUT2D eigenvalue weighted by atomic mass is 10.1. The van der Waals surface area contributed by atoms with E-state index < -0.39 is 0 Å². The number of benzene rings is 1. The molecule has 0 unspecified atom stereocenters. The first-order chi connectivity index (χ1) is 11.8. The molecule has 0 bridgehead atoms. The second kappa shape index (κ2) is 6.62. The smallest absolute Gasteiger partial charge is 0.0731 e. The normalized spacial score (nSPS) is 14.8. The lowest BCUT2D eigenvalue weighted by Gasteiger charge is -2.20. The van der Waals surface area contributed by atoms with Gasteiger partial charge in [-0.05, 0) is 60.9 Å². The van der Waals surface area contributed by atoms with Gasteiger partial charge in [0.2, 0.25) is 0 Å². The summed E-state index contributed by atoms with van der Waals surface area (Å²) in [6.45, 7) is 2.19. The van der Waals surface area contributed by atoms with Crippen LogP contribution in [-0.2, 0) is 0 Å². The Bertz CT molecular complexity index is 884. The highest BCUT2D eigenvalue weighted by Gasteiger charge is 2.16. The van der Waals surface area contributed by atoms with Crippen LogP contribution in [0.25, 0.3) is 23.1 Å². The van der Waals surface area contributed by atoms with Crippen molar-refractivity contribution >= 4 is 40.3 Å². The number of hydrogen-bond donors (Lipinski definition) is 0. The van der Waals surface area contributed by atoms with E-state index in [2.05, 4.69) is 28.1 Å². The minimum Gasteiger partial charge on any atom is -0.371 e. The van der Waals surface area contributed by atoms with Gasteiger partial charge < -0.3 is 4.90 Å². The van der Waals surface area contributed by atoms with E-state index in [1.807, 2.05) is 30.3 Å². The molecule has 0 aliphatic carbocycles. The second-order valence-electron chi connectivity index (χ2n) is 6.04. The molecule has 0 atom stereocenters. The van der Waals surface area contributed by atoms with Crippen LogP contribution in [0.5, 0.6) is 0 Å². The molecule has 1 aliphatic rings. The summed E-state index contributed by atoms with van der Waals surface area (Å²) in [5, 5.41) is 1.88. The summed E-state index contributed by atoms with van der Waals surface area (Å²) in [6.07, 6.45) is 10.2. The first-order valence-electron chi connectivity index (χ1n) is 8.23. The Kier molecular flexibility index (Phi) is 4.18. The maximum absolute atomic E-state index is 6.21. The molecule has 1 fully saturated rings. The molecule has 120 valence electrons. The van der Waals surface area contributed by atoms with Crippen LogP contribution in [-0.4, -0.2) is 23.1 Å². The summed E-state index contributed by atoms with van der Waals surface area (Å²) in [5.41, 5.74) is 4.29. The summed E-state index contributed by atoms with van der Waals surface area (Å²) in [6, 6.07) is 12.1. The third-order valence-electron chi connectivity index (χ3n) is 4.37. The van der Waals surface area contributed by atoms with Crippen LogP contribution in [0.3, 0.4) is 0 Å². The number of halogens is 1. The van der Waals surface area contributed by atoms with E-state index in [-0.39, 0.29) is 0 Å². The quantitative estimate of drug-likeness (QED) is 0.670. The van der Waals surface area contributed by atoms with E-state index in [4.69, 9.17) is 16.6 Å². The maximum atomic E-state index is 6.21. The predicted molar refractivity (Wildman–Crippen MR) is 101 cm³/mol. The fourth-order valence-corrected chi connectivity index (χ4v) is 3.33. The minimum atomic E-state index is 0.754. The summed E-state index contributed by atoms with van der Waals surface area (Å²) < 4.78 is 0. The molecule has 0 radical (unpaired) electrons. The number of hydrogen-bond acceptors (Lipinski definition) is 3. The Morgan fingerprint density at radius 3 is 2.54 bits per heavy atom. The van der Waals surface area contributed by atoms with Crippen LogP contribution >= 0.6 is 11.6 Å². The zero-order valence-corrected chi connectivity index (χ0v) is 14.1. The fourth-order valence-electron chi connectivity index (χ4n) is 3.16. The van der Waals surface area contributed by atoms with Crippen LogP contribution in [0.2, 0.25) is 5.02 Å². The highest BCUT2D eigenvalue weighted by atomic mass is 35.5. The summed E-state index contributed by atoms with van der Waals surface area (Å²) in [7, 11) is 0. The van der Waals surface area contributed by atoms with Gasteiger partial charge in [0, 0.05) is 41.6 Å². The Hall–Kier alpha value is -2.39. The van der Waals surface area contributed by atoms with Gasteiger partial charge in [-0.2, -0.15) is 0 Å². The molecule has 2 aromatic heterocycles. The van der Waals surface area contributed by atoms with Crippen molar-refractivity contribution in [3.05, 3.63) is 65.1 Å². The summed E-state index contributed by atoms with van der Waals surface area (Å²) >= 11 is 6.21. The van der Waals surface area contributed by atoms with Gasteiger partial charge in [0.25, 0.3) is 0 Å². The third kappa shape index (κ3) is 3.13. The largest absolute Gasteiger partial charge is 0.371 e. The molecule has 24 heavy (non-hydrogen) atoms. The van der Waals surface area contributed by atoms with Crippen LogP contribution < -0.4 is 4.90 Å². The summed E-state index contributed by atoms with van der Waals surface area (Å²) in [5.74, 6) is 0. The van der Waals surface area contributed by atoms with Gasteiger partial charge in [-0.1, -0.05) is 17.7 Å². The fraction of sp³-hybridized carbons (Fsp3) is 0.200. The van der Waals surface area contributed by atoms with Crippen molar-refractivity contribution in [3.63, 3.8) is 0 Å². The zero-order valence-electron chi connectivity index (χ0n) is 13.3. The van der Waals surface area contributed by atoms with Crippen molar-refractivity contribution in [2.24, 2.45) is 0 Å². The molecule has 3 heterocycles. The molecule has 0 spiro atoms. The Morgan fingerprint density at radius 1 is 0.958 bits per heavy atom. The lowest BCUT2D eigenvalue weighted by Crippen LogP contribution is -2.18. The molecule has 4 heteroatoms. The topological polar surface area (TPSA) is 29.0 Å². The average Bonchev–Trinajstić information content (AvgIpc) is 3.15. The van der Waals surface area contributed by atoms with Gasteiger partial charge in [0.1, 0.15) is 0 Å².